The number of nitrogens with one attached hydrogen (secondary N) is 1. The van der Waals surface area contributed by atoms with Crippen LogP contribution in [0, 0.1) is 0 Å². The zero-order valence-electron chi connectivity index (χ0n) is 18.6. The Labute approximate surface area is 200 Å². The van der Waals surface area contributed by atoms with Crippen molar-refractivity contribution in [2.24, 2.45) is 0 Å². The topological polar surface area (TPSA) is 112 Å². The molecule has 0 spiro atoms. The van der Waals surface area contributed by atoms with Crippen LogP contribution in [0.1, 0.15) is 35.6 Å². The standard InChI is InChI=1S/C24H25N5O4S/c30-22-13-12-19(27-29(22)15-16-32-18-8-3-1-4-9-18)24(31)25-14-6-2-5-11-21-26-23(28-33-21)20-10-7-17-34-20/h1,3-4,7-10,12-13,17H,2,5-6,11,14-16H2,(H,25,31). The van der Waals surface area contributed by atoms with Gasteiger partial charge in [-0.05, 0) is 42.5 Å². The van der Waals surface area contributed by atoms with Gasteiger partial charge in [-0.2, -0.15) is 10.1 Å². The molecule has 0 fully saturated rings. The zero-order valence-corrected chi connectivity index (χ0v) is 19.4. The first-order valence-corrected chi connectivity index (χ1v) is 12.0. The normalized spacial score (nSPS) is 10.8. The van der Waals surface area contributed by atoms with Gasteiger partial charge in [-0.3, -0.25) is 9.59 Å². The SMILES string of the molecule is O=C(NCCCCCc1nc(-c2cccs2)no1)c1ccc(=O)n(CCOc2ccccc2)n1. The van der Waals surface area contributed by atoms with E-state index in [9.17, 15) is 9.59 Å². The van der Waals surface area contributed by atoms with Crippen molar-refractivity contribution in [3.8, 4) is 16.5 Å². The van der Waals surface area contributed by atoms with Crippen LogP contribution in [-0.4, -0.2) is 39.0 Å². The number of hydrogen-bond acceptors (Lipinski definition) is 8. The van der Waals surface area contributed by atoms with E-state index in [-0.39, 0.29) is 30.3 Å². The molecule has 0 saturated carbocycles. The molecule has 0 aliphatic heterocycles. The molecular formula is C24H25N5O4S. The van der Waals surface area contributed by atoms with Crippen molar-refractivity contribution < 1.29 is 14.1 Å². The Kier molecular flexibility index (Phi) is 8.18. The molecule has 0 saturated heterocycles. The average Bonchev–Trinajstić information content (AvgIpc) is 3.55. The summed E-state index contributed by atoms with van der Waals surface area (Å²) in [5, 5.41) is 13.0. The van der Waals surface area contributed by atoms with Gasteiger partial charge in [-0.1, -0.05) is 35.8 Å². The van der Waals surface area contributed by atoms with Gasteiger partial charge in [0.25, 0.3) is 11.5 Å². The molecule has 176 valence electrons. The number of thiophene rings is 1. The molecule has 9 nitrogen and oxygen atoms in total. The van der Waals surface area contributed by atoms with Crippen molar-refractivity contribution in [1.82, 2.24) is 25.2 Å². The Balaban J connectivity index is 1.16. The second-order valence-electron chi connectivity index (χ2n) is 7.50. The van der Waals surface area contributed by atoms with E-state index in [2.05, 4.69) is 20.6 Å². The quantitative estimate of drug-likeness (QED) is 0.309. The third kappa shape index (κ3) is 6.61. The monoisotopic (exact) mass is 479 g/mol. The molecule has 1 N–H and O–H groups in total. The lowest BCUT2D eigenvalue weighted by Gasteiger charge is -2.09. The predicted octanol–water partition coefficient (Wildman–Crippen LogP) is 3.58. The van der Waals surface area contributed by atoms with Crippen molar-refractivity contribution >= 4 is 17.2 Å². The van der Waals surface area contributed by atoms with Gasteiger partial charge in [0.05, 0.1) is 11.4 Å². The number of benzene rings is 1. The lowest BCUT2D eigenvalue weighted by Crippen LogP contribution is -2.31. The number of amides is 1. The summed E-state index contributed by atoms with van der Waals surface area (Å²) in [5.74, 6) is 1.65. The number of unbranched alkanes of at least 4 members (excludes halogenated alkanes) is 2. The highest BCUT2D eigenvalue weighted by Crippen LogP contribution is 2.21. The van der Waals surface area contributed by atoms with Gasteiger partial charge in [-0.15, -0.1) is 11.3 Å². The zero-order chi connectivity index (χ0) is 23.6. The number of ether oxygens (including phenoxy) is 1. The number of carbonyl (C=O) groups excluding carboxylic acids is 1. The number of aryl methyl sites for hydroxylation is 1. The highest BCUT2D eigenvalue weighted by atomic mass is 32.1. The summed E-state index contributed by atoms with van der Waals surface area (Å²) >= 11 is 1.57. The minimum Gasteiger partial charge on any atom is -0.492 e. The van der Waals surface area contributed by atoms with Crippen LogP contribution in [0.25, 0.3) is 10.7 Å². The first-order chi connectivity index (χ1) is 16.7. The smallest absolute Gasteiger partial charge is 0.271 e. The van der Waals surface area contributed by atoms with Gasteiger partial charge in [0, 0.05) is 19.0 Å². The number of aromatic nitrogens is 4. The fourth-order valence-corrected chi connectivity index (χ4v) is 3.88. The molecule has 1 aromatic carbocycles. The van der Waals surface area contributed by atoms with Gasteiger partial charge in [-0.25, -0.2) is 4.68 Å². The van der Waals surface area contributed by atoms with E-state index in [0.717, 1.165) is 24.1 Å². The molecule has 0 radical (unpaired) electrons. The number of carbonyl (C=O) groups is 1. The molecule has 0 aliphatic rings. The summed E-state index contributed by atoms with van der Waals surface area (Å²) in [7, 11) is 0. The predicted molar refractivity (Wildman–Crippen MR) is 128 cm³/mol. The highest BCUT2D eigenvalue weighted by molar-refractivity contribution is 7.13. The lowest BCUT2D eigenvalue weighted by molar-refractivity contribution is 0.0945. The molecule has 0 bridgehead atoms. The van der Waals surface area contributed by atoms with Gasteiger partial charge in [0.2, 0.25) is 11.7 Å². The van der Waals surface area contributed by atoms with Crippen LogP contribution in [0.4, 0.5) is 0 Å². The molecular weight excluding hydrogens is 454 g/mol. The maximum absolute atomic E-state index is 12.4. The number of rotatable bonds is 12. The maximum Gasteiger partial charge on any atom is 0.271 e. The Morgan fingerprint density at radius 2 is 1.94 bits per heavy atom. The van der Waals surface area contributed by atoms with E-state index >= 15 is 0 Å². The van der Waals surface area contributed by atoms with Gasteiger partial charge in [0.15, 0.2) is 0 Å². The molecule has 3 aromatic heterocycles. The largest absolute Gasteiger partial charge is 0.492 e. The number of hydrogen-bond donors (Lipinski definition) is 1. The van der Waals surface area contributed by atoms with Crippen molar-refractivity contribution in [2.45, 2.75) is 32.2 Å². The fraction of sp³-hybridized carbons (Fsp3) is 0.292. The molecule has 4 rings (SSSR count). The molecule has 34 heavy (non-hydrogen) atoms. The van der Waals surface area contributed by atoms with E-state index in [1.54, 1.807) is 11.3 Å². The van der Waals surface area contributed by atoms with E-state index < -0.39 is 0 Å². The lowest BCUT2D eigenvalue weighted by atomic mass is 10.2. The summed E-state index contributed by atoms with van der Waals surface area (Å²) in [6, 6.07) is 16.0. The van der Waals surface area contributed by atoms with Crippen molar-refractivity contribution in [3.63, 3.8) is 0 Å². The molecule has 0 aliphatic carbocycles. The first-order valence-electron chi connectivity index (χ1n) is 11.1. The van der Waals surface area contributed by atoms with Crippen LogP contribution in [-0.2, 0) is 13.0 Å². The fourth-order valence-electron chi connectivity index (χ4n) is 3.23. The second kappa shape index (κ2) is 11.9. The van der Waals surface area contributed by atoms with Gasteiger partial charge in [0.1, 0.15) is 18.1 Å². The van der Waals surface area contributed by atoms with Crippen molar-refractivity contribution in [1.29, 1.82) is 0 Å². The second-order valence-corrected chi connectivity index (χ2v) is 8.44. The third-order valence-corrected chi connectivity index (χ3v) is 5.84. The van der Waals surface area contributed by atoms with E-state index in [1.165, 1.54) is 16.8 Å². The average molecular weight is 480 g/mol. The van der Waals surface area contributed by atoms with Crippen LogP contribution >= 0.6 is 11.3 Å². The van der Waals surface area contributed by atoms with Crippen molar-refractivity contribution in [2.75, 3.05) is 13.2 Å². The molecule has 0 atom stereocenters. The highest BCUT2D eigenvalue weighted by Gasteiger charge is 2.11. The van der Waals surface area contributed by atoms with Crippen LogP contribution in [0.3, 0.4) is 0 Å². The minimum atomic E-state index is -0.310. The molecule has 3 heterocycles. The van der Waals surface area contributed by atoms with Gasteiger partial charge < -0.3 is 14.6 Å². The molecule has 0 unspecified atom stereocenters. The van der Waals surface area contributed by atoms with E-state index in [1.807, 2.05) is 47.8 Å². The summed E-state index contributed by atoms with van der Waals surface area (Å²) in [6.45, 7) is 1.04. The Hall–Kier alpha value is -3.79. The first kappa shape index (κ1) is 23.4. The third-order valence-electron chi connectivity index (χ3n) is 4.98. The summed E-state index contributed by atoms with van der Waals surface area (Å²) in [6.07, 6.45) is 3.29. The van der Waals surface area contributed by atoms with Crippen LogP contribution in [0.5, 0.6) is 5.75 Å². The molecule has 4 aromatic rings. The Morgan fingerprint density at radius 1 is 1.06 bits per heavy atom. The summed E-state index contributed by atoms with van der Waals surface area (Å²) in [4.78, 5) is 29.9. The summed E-state index contributed by atoms with van der Waals surface area (Å²) < 4.78 is 12.1. The molecule has 10 heteroatoms. The number of nitrogens with zero attached hydrogens (tertiary/aromatic N) is 4. The molecule has 1 amide bonds. The van der Waals surface area contributed by atoms with Gasteiger partial charge >= 0.3 is 0 Å². The Bertz CT molecular complexity index is 1240. The number of para-hydroxylation sites is 1. The van der Waals surface area contributed by atoms with Crippen LogP contribution in [0.15, 0.2) is 69.3 Å². The minimum absolute atomic E-state index is 0.200. The van der Waals surface area contributed by atoms with E-state index in [0.29, 0.717) is 30.4 Å². The maximum atomic E-state index is 12.4. The van der Waals surface area contributed by atoms with Crippen LogP contribution in [0.2, 0.25) is 0 Å². The van der Waals surface area contributed by atoms with Crippen LogP contribution < -0.4 is 15.6 Å². The summed E-state index contributed by atoms with van der Waals surface area (Å²) in [5.41, 5.74) is -0.0808. The van der Waals surface area contributed by atoms with E-state index in [4.69, 9.17) is 9.26 Å². The van der Waals surface area contributed by atoms with Crippen molar-refractivity contribution in [3.05, 3.63) is 81.9 Å². The Morgan fingerprint density at radius 3 is 2.76 bits per heavy atom.